The maximum Gasteiger partial charge on any atom is 0.342 e. The van der Waals surface area contributed by atoms with E-state index in [-0.39, 0.29) is 16.7 Å². The zero-order valence-corrected chi connectivity index (χ0v) is 16.1. The lowest BCUT2D eigenvalue weighted by molar-refractivity contribution is -0.227. The first kappa shape index (κ1) is 19.1. The number of hydrogen-bond donors (Lipinski definition) is 0. The second kappa shape index (κ2) is 6.22. The van der Waals surface area contributed by atoms with E-state index in [9.17, 15) is 14.4 Å². The van der Waals surface area contributed by atoms with Gasteiger partial charge < -0.3 is 18.9 Å². The van der Waals surface area contributed by atoms with Gasteiger partial charge in [0.25, 0.3) is 0 Å². The average Bonchev–Trinajstić information content (AvgIpc) is 2.85. The van der Waals surface area contributed by atoms with Gasteiger partial charge in [-0.2, -0.15) is 0 Å². The van der Waals surface area contributed by atoms with Crippen LogP contribution in [-0.2, 0) is 33.3 Å². The molecule has 0 unspecified atom stereocenters. The van der Waals surface area contributed by atoms with Gasteiger partial charge in [0, 0.05) is 25.2 Å². The molecule has 146 valence electrons. The van der Waals surface area contributed by atoms with Gasteiger partial charge in [-0.05, 0) is 24.7 Å². The van der Waals surface area contributed by atoms with Crippen LogP contribution in [0.5, 0.6) is 0 Å². The van der Waals surface area contributed by atoms with E-state index in [0.29, 0.717) is 13.0 Å². The Balaban J connectivity index is 2.15. The summed E-state index contributed by atoms with van der Waals surface area (Å²) in [7, 11) is 1.29. The average molecular weight is 368 g/mol. The number of ether oxygens (including phenoxy) is 4. The monoisotopic (exact) mass is 368 g/mol. The van der Waals surface area contributed by atoms with Crippen molar-refractivity contribution in [3.05, 3.63) is 0 Å². The molecule has 3 fully saturated rings. The quantitative estimate of drug-likeness (QED) is 0.556. The summed E-state index contributed by atoms with van der Waals surface area (Å²) < 4.78 is 22.3. The summed E-state index contributed by atoms with van der Waals surface area (Å²) in [6.07, 6.45) is 1.50. The molecule has 0 amide bonds. The highest BCUT2D eigenvalue weighted by atomic mass is 16.6. The molecule has 0 radical (unpaired) electrons. The van der Waals surface area contributed by atoms with E-state index < -0.39 is 35.7 Å². The highest BCUT2D eigenvalue weighted by Gasteiger charge is 2.73. The Morgan fingerprint density at radius 1 is 1.04 bits per heavy atom. The van der Waals surface area contributed by atoms with Gasteiger partial charge in [-0.3, -0.25) is 9.59 Å². The van der Waals surface area contributed by atoms with Crippen molar-refractivity contribution >= 4 is 17.9 Å². The summed E-state index contributed by atoms with van der Waals surface area (Å²) in [5.41, 5.74) is -1.87. The third kappa shape index (κ3) is 2.71. The lowest BCUT2D eigenvalue weighted by atomic mass is 9.48. The maximum absolute atomic E-state index is 12.7. The highest BCUT2D eigenvalue weighted by molar-refractivity contribution is 5.82. The summed E-state index contributed by atoms with van der Waals surface area (Å²) in [4.78, 5) is 36.4. The van der Waals surface area contributed by atoms with Crippen molar-refractivity contribution in [2.24, 2.45) is 16.7 Å². The van der Waals surface area contributed by atoms with Crippen LogP contribution in [0.2, 0.25) is 0 Å². The Labute approximate surface area is 153 Å². The molecule has 0 aromatic rings. The number of hydrogen-bond acceptors (Lipinski definition) is 7. The van der Waals surface area contributed by atoms with Gasteiger partial charge in [0.2, 0.25) is 5.60 Å². The van der Waals surface area contributed by atoms with Crippen LogP contribution in [0.1, 0.15) is 53.4 Å². The standard InChI is InChI=1S/C19H28O7/c1-11(20)25-13-14-17(3,4)7-6-8-18(14)9-19(24-10-18,16(22)23-5)15(13)26-12(2)21/h13-15H,6-10H2,1-5H3/t13-,14-,15+,18+,19+/m1/s1. The number of rotatable bonds is 3. The molecule has 5 atom stereocenters. The first-order chi connectivity index (χ1) is 12.1. The van der Waals surface area contributed by atoms with Gasteiger partial charge >= 0.3 is 17.9 Å². The van der Waals surface area contributed by atoms with E-state index in [1.807, 2.05) is 0 Å². The van der Waals surface area contributed by atoms with Crippen LogP contribution in [0.25, 0.3) is 0 Å². The molecule has 0 aromatic heterocycles. The van der Waals surface area contributed by atoms with E-state index in [0.717, 1.165) is 19.3 Å². The predicted molar refractivity (Wildman–Crippen MR) is 90.0 cm³/mol. The second-order valence-electron chi connectivity index (χ2n) is 8.63. The Bertz CT molecular complexity index is 627. The molecule has 3 rings (SSSR count). The summed E-state index contributed by atoms with van der Waals surface area (Å²) in [5.74, 6) is -1.67. The number of methoxy groups -OCH3 is 1. The third-order valence-electron chi connectivity index (χ3n) is 6.44. The lowest BCUT2D eigenvalue weighted by Crippen LogP contribution is -2.67. The van der Waals surface area contributed by atoms with Crippen molar-refractivity contribution in [2.45, 2.75) is 71.2 Å². The van der Waals surface area contributed by atoms with Gasteiger partial charge in [0.15, 0.2) is 6.10 Å². The molecule has 7 nitrogen and oxygen atoms in total. The number of carbonyl (C=O) groups excluding carboxylic acids is 3. The molecule has 7 heteroatoms. The first-order valence-electron chi connectivity index (χ1n) is 9.15. The van der Waals surface area contributed by atoms with Crippen LogP contribution in [0.4, 0.5) is 0 Å². The molecule has 1 saturated heterocycles. The van der Waals surface area contributed by atoms with Crippen molar-refractivity contribution < 1.29 is 33.3 Å². The minimum atomic E-state index is -1.43. The Hall–Kier alpha value is -1.63. The highest BCUT2D eigenvalue weighted by Crippen LogP contribution is 2.65. The van der Waals surface area contributed by atoms with Crippen LogP contribution in [0, 0.1) is 16.7 Å². The lowest BCUT2D eigenvalue weighted by Gasteiger charge is -2.57. The molecule has 2 aliphatic carbocycles. The van der Waals surface area contributed by atoms with Gasteiger partial charge in [0.1, 0.15) is 6.10 Å². The Morgan fingerprint density at radius 2 is 1.69 bits per heavy atom. The molecule has 1 spiro atoms. The molecule has 3 aliphatic rings. The zero-order chi connectivity index (χ0) is 19.3. The first-order valence-corrected chi connectivity index (χ1v) is 9.15. The Morgan fingerprint density at radius 3 is 2.27 bits per heavy atom. The fourth-order valence-electron chi connectivity index (χ4n) is 5.79. The molecule has 0 aromatic carbocycles. The minimum absolute atomic E-state index is 0.0720. The van der Waals surface area contributed by atoms with Crippen molar-refractivity contribution in [3.63, 3.8) is 0 Å². The van der Waals surface area contributed by atoms with Crippen LogP contribution in [0.15, 0.2) is 0 Å². The van der Waals surface area contributed by atoms with E-state index in [2.05, 4.69) is 13.8 Å². The molecule has 0 N–H and O–H groups in total. The van der Waals surface area contributed by atoms with Gasteiger partial charge in [-0.25, -0.2) is 4.79 Å². The van der Waals surface area contributed by atoms with Gasteiger partial charge in [-0.1, -0.05) is 20.3 Å². The summed E-state index contributed by atoms with van der Waals surface area (Å²) in [6, 6.07) is 0. The fraction of sp³-hybridized carbons (Fsp3) is 0.842. The summed E-state index contributed by atoms with van der Waals surface area (Å²) in [6.45, 7) is 7.26. The minimum Gasteiger partial charge on any atom is -0.467 e. The largest absolute Gasteiger partial charge is 0.467 e. The molecule has 2 bridgehead atoms. The van der Waals surface area contributed by atoms with Crippen molar-refractivity contribution in [1.82, 2.24) is 0 Å². The number of fused-ring (bicyclic) bond motifs is 1. The second-order valence-corrected chi connectivity index (χ2v) is 8.63. The molecular weight excluding hydrogens is 340 g/mol. The van der Waals surface area contributed by atoms with Crippen LogP contribution >= 0.6 is 0 Å². The van der Waals surface area contributed by atoms with Crippen LogP contribution in [-0.4, -0.2) is 49.4 Å². The Kier molecular flexibility index (Phi) is 4.58. The molecule has 2 saturated carbocycles. The van der Waals surface area contributed by atoms with Crippen LogP contribution in [0.3, 0.4) is 0 Å². The maximum atomic E-state index is 12.7. The molecule has 1 aliphatic heterocycles. The van der Waals surface area contributed by atoms with Crippen LogP contribution < -0.4 is 0 Å². The van der Waals surface area contributed by atoms with Gasteiger partial charge in [-0.15, -0.1) is 0 Å². The third-order valence-corrected chi connectivity index (χ3v) is 6.44. The van der Waals surface area contributed by atoms with E-state index in [1.165, 1.54) is 21.0 Å². The smallest absolute Gasteiger partial charge is 0.342 e. The van der Waals surface area contributed by atoms with Crippen molar-refractivity contribution in [2.75, 3.05) is 13.7 Å². The SMILES string of the molecule is COC(=O)[C@]12C[C@@]3(CCCC(C)(C)[C@H]3[C@@H](OC(C)=O)[C@@H]1OC(C)=O)CO2. The number of esters is 3. The van der Waals surface area contributed by atoms with E-state index >= 15 is 0 Å². The summed E-state index contributed by atoms with van der Waals surface area (Å²) >= 11 is 0. The van der Waals surface area contributed by atoms with E-state index in [4.69, 9.17) is 18.9 Å². The fourth-order valence-corrected chi connectivity index (χ4v) is 5.79. The molecule has 1 heterocycles. The molecular formula is C19H28O7. The zero-order valence-electron chi connectivity index (χ0n) is 16.1. The normalized spacial score (nSPS) is 40.3. The topological polar surface area (TPSA) is 88.1 Å². The van der Waals surface area contributed by atoms with Crippen molar-refractivity contribution in [1.29, 1.82) is 0 Å². The van der Waals surface area contributed by atoms with Gasteiger partial charge in [0.05, 0.1) is 13.7 Å². The van der Waals surface area contributed by atoms with E-state index in [1.54, 1.807) is 0 Å². The summed E-state index contributed by atoms with van der Waals surface area (Å²) in [5, 5.41) is 0. The van der Waals surface area contributed by atoms with Crippen molar-refractivity contribution in [3.8, 4) is 0 Å². The molecule has 26 heavy (non-hydrogen) atoms. The predicted octanol–water partition coefficient (Wildman–Crippen LogP) is 2.01. The number of carbonyl (C=O) groups is 3.